The molecule has 1 aromatic rings. The van der Waals surface area contributed by atoms with Crippen LogP contribution in [0.1, 0.15) is 31.4 Å². The van der Waals surface area contributed by atoms with Crippen LogP contribution in [0.3, 0.4) is 0 Å². The molecule has 1 heterocycles. The molecule has 0 saturated carbocycles. The van der Waals surface area contributed by atoms with Crippen LogP contribution in [0.4, 0.5) is 0 Å². The quantitative estimate of drug-likeness (QED) is 0.0668. The van der Waals surface area contributed by atoms with Crippen LogP contribution in [0.2, 0.25) is 0 Å². The van der Waals surface area contributed by atoms with Crippen LogP contribution >= 0.6 is 7.82 Å². The molecule has 0 radical (unpaired) electrons. The summed E-state index contributed by atoms with van der Waals surface area (Å²) in [7, 11) is -2.77. The predicted molar refractivity (Wildman–Crippen MR) is 116 cm³/mol. The van der Waals surface area contributed by atoms with Gasteiger partial charge in [-0.2, -0.15) is 0 Å². The number of phosphoric acid groups is 1. The molecule has 1 rings (SSSR count). The van der Waals surface area contributed by atoms with Gasteiger partial charge in [-0.25, -0.2) is 4.57 Å². The Labute approximate surface area is 206 Å². The number of esters is 2. The first kappa shape index (κ1) is 31.1. The minimum Gasteiger partial charge on any atom is -0.464 e. The highest BCUT2D eigenvalue weighted by Crippen LogP contribution is 2.43. The van der Waals surface area contributed by atoms with Crippen molar-refractivity contribution in [3.05, 3.63) is 11.9 Å². The van der Waals surface area contributed by atoms with Gasteiger partial charge >= 0.3 is 19.8 Å². The van der Waals surface area contributed by atoms with Gasteiger partial charge in [0, 0.05) is 26.5 Å². The van der Waals surface area contributed by atoms with Crippen LogP contribution in [0.5, 0.6) is 0 Å². The Morgan fingerprint density at radius 2 is 1.75 bits per heavy atom. The molecule has 204 valence electrons. The van der Waals surface area contributed by atoms with Crippen LogP contribution in [0.15, 0.2) is 6.20 Å². The first-order valence-electron chi connectivity index (χ1n) is 10.8. The molecule has 2 unspecified atom stereocenters. The van der Waals surface area contributed by atoms with Gasteiger partial charge in [0.15, 0.2) is 6.10 Å². The third-order valence-corrected chi connectivity index (χ3v) is 4.98. The number of aryl methyl sites for hydroxylation is 1. The first-order valence-corrected chi connectivity index (χ1v) is 12.3. The van der Waals surface area contributed by atoms with Crippen molar-refractivity contribution in [1.29, 1.82) is 0 Å². The zero-order valence-electron chi connectivity index (χ0n) is 19.7. The Morgan fingerprint density at radius 1 is 1.03 bits per heavy atom. The summed E-state index contributed by atoms with van der Waals surface area (Å²) in [6, 6.07) is 0. The van der Waals surface area contributed by atoms with Gasteiger partial charge in [-0.3, -0.25) is 32.9 Å². The van der Waals surface area contributed by atoms with Crippen LogP contribution in [-0.2, 0) is 70.1 Å². The van der Waals surface area contributed by atoms with Crippen molar-refractivity contribution < 1.29 is 61.4 Å². The monoisotopic (exact) mass is 539 g/mol. The Hall–Kier alpha value is -2.91. The van der Waals surface area contributed by atoms with E-state index in [1.165, 1.54) is 4.68 Å². The third-order valence-electron chi connectivity index (χ3n) is 3.99. The fourth-order valence-electron chi connectivity index (χ4n) is 2.36. The second-order valence-corrected chi connectivity index (χ2v) is 8.42. The summed E-state index contributed by atoms with van der Waals surface area (Å²) in [6.07, 6.45) is 1.15. The van der Waals surface area contributed by atoms with E-state index in [1.807, 2.05) is 0 Å². The fraction of sp³-hybridized carbons (Fsp3) is 0.684. The second-order valence-electron chi connectivity index (χ2n) is 6.97. The number of aromatic nitrogens is 3. The van der Waals surface area contributed by atoms with Crippen molar-refractivity contribution in [2.75, 3.05) is 39.6 Å². The molecule has 16 nitrogen and oxygen atoms in total. The van der Waals surface area contributed by atoms with Crippen LogP contribution < -0.4 is 0 Å². The van der Waals surface area contributed by atoms with Gasteiger partial charge in [-0.05, 0) is 12.8 Å². The molecule has 0 saturated heterocycles. The molecule has 1 N–H and O–H groups in total. The highest BCUT2D eigenvalue weighted by atomic mass is 31.2. The van der Waals surface area contributed by atoms with Gasteiger partial charge in [0.2, 0.25) is 0 Å². The SMILES string of the molecule is Cn1cc(COC(=O)CCCOCCOC(=O)CCCOP(=O)(O)OCC(COC=O)OC=O)nn1. The van der Waals surface area contributed by atoms with E-state index in [0.29, 0.717) is 12.1 Å². The van der Waals surface area contributed by atoms with E-state index in [0.717, 1.165) is 0 Å². The molecule has 1 aromatic heterocycles. The smallest absolute Gasteiger partial charge is 0.464 e. The number of rotatable bonds is 22. The summed E-state index contributed by atoms with van der Waals surface area (Å²) < 4.78 is 46.8. The maximum absolute atomic E-state index is 11.8. The maximum Gasteiger partial charge on any atom is 0.472 e. The number of carbonyl (C=O) groups is 4. The third kappa shape index (κ3) is 15.9. The minimum atomic E-state index is -4.48. The molecule has 36 heavy (non-hydrogen) atoms. The second kappa shape index (κ2) is 18.4. The van der Waals surface area contributed by atoms with E-state index in [-0.39, 0.29) is 71.8 Å². The lowest BCUT2D eigenvalue weighted by Crippen LogP contribution is -2.24. The summed E-state index contributed by atoms with van der Waals surface area (Å²) in [4.78, 5) is 53.4. The largest absolute Gasteiger partial charge is 0.472 e. The van der Waals surface area contributed by atoms with E-state index in [1.54, 1.807) is 13.2 Å². The van der Waals surface area contributed by atoms with Crippen LogP contribution in [0.25, 0.3) is 0 Å². The Bertz CT molecular complexity index is 850. The van der Waals surface area contributed by atoms with Gasteiger partial charge in [0.25, 0.3) is 12.9 Å². The molecule has 0 aliphatic carbocycles. The number of carbonyl (C=O) groups excluding carboxylic acids is 4. The lowest BCUT2D eigenvalue weighted by Gasteiger charge is -2.16. The summed E-state index contributed by atoms with van der Waals surface area (Å²) in [5.74, 6) is -0.953. The molecule has 0 amide bonds. The molecule has 17 heteroatoms. The molecule has 0 bridgehead atoms. The molecular formula is C19H30N3O13P. The Kier molecular flexibility index (Phi) is 15.9. The lowest BCUT2D eigenvalue weighted by atomic mass is 10.3. The average Bonchev–Trinajstić information content (AvgIpc) is 3.26. The van der Waals surface area contributed by atoms with Crippen molar-refractivity contribution in [1.82, 2.24) is 15.0 Å². The first-order chi connectivity index (χ1) is 17.3. The van der Waals surface area contributed by atoms with Gasteiger partial charge in [-0.15, -0.1) is 5.10 Å². The molecule has 0 aliphatic heterocycles. The summed E-state index contributed by atoms with van der Waals surface area (Å²) in [5, 5.41) is 7.53. The minimum absolute atomic E-state index is 0.000598. The lowest BCUT2D eigenvalue weighted by molar-refractivity contribution is -0.145. The summed E-state index contributed by atoms with van der Waals surface area (Å²) in [5.41, 5.74) is 0.548. The number of nitrogens with zero attached hydrogens (tertiary/aromatic N) is 3. The number of ether oxygens (including phenoxy) is 5. The van der Waals surface area contributed by atoms with E-state index >= 15 is 0 Å². The standard InChI is InChI=1S/C19H30N3O13P/c1-22-10-16(20-21-22)11-32-19(26)4-2-6-29-8-9-31-18(25)5-3-7-34-36(27,28)35-13-17(33-15-24)12-30-14-23/h10,14-15,17H,2-9,11-13H2,1H3,(H,27,28). The summed E-state index contributed by atoms with van der Waals surface area (Å²) >= 11 is 0. The van der Waals surface area contributed by atoms with E-state index < -0.39 is 32.5 Å². The molecule has 0 aliphatic rings. The average molecular weight is 539 g/mol. The maximum atomic E-state index is 11.8. The zero-order valence-corrected chi connectivity index (χ0v) is 20.6. The van der Waals surface area contributed by atoms with Crippen LogP contribution in [-0.4, -0.2) is 90.5 Å². The number of hydrogen-bond donors (Lipinski definition) is 1. The molecule has 0 fully saturated rings. The highest BCUT2D eigenvalue weighted by molar-refractivity contribution is 7.47. The molecular weight excluding hydrogens is 509 g/mol. The van der Waals surface area contributed by atoms with Crippen molar-refractivity contribution in [3.63, 3.8) is 0 Å². The van der Waals surface area contributed by atoms with Crippen molar-refractivity contribution in [3.8, 4) is 0 Å². The highest BCUT2D eigenvalue weighted by Gasteiger charge is 2.24. The van der Waals surface area contributed by atoms with Gasteiger partial charge < -0.3 is 28.6 Å². The van der Waals surface area contributed by atoms with Crippen molar-refractivity contribution in [2.45, 2.75) is 38.4 Å². The van der Waals surface area contributed by atoms with Crippen molar-refractivity contribution in [2.24, 2.45) is 7.05 Å². The van der Waals surface area contributed by atoms with Crippen molar-refractivity contribution >= 4 is 32.7 Å². The van der Waals surface area contributed by atoms with Gasteiger partial charge in [0.1, 0.15) is 25.5 Å². The molecule has 0 spiro atoms. The fourth-order valence-corrected chi connectivity index (χ4v) is 3.15. The van der Waals surface area contributed by atoms with Crippen LogP contribution in [0, 0.1) is 0 Å². The van der Waals surface area contributed by atoms with E-state index in [4.69, 9.17) is 18.7 Å². The number of hydrogen-bond acceptors (Lipinski definition) is 14. The van der Waals surface area contributed by atoms with Gasteiger partial charge in [0.05, 0.1) is 26.0 Å². The summed E-state index contributed by atoms with van der Waals surface area (Å²) in [6.45, 7) is -0.553. The number of phosphoric ester groups is 1. The Balaban J connectivity index is 2.01. The normalized spacial score (nSPS) is 13.3. The topological polar surface area (TPSA) is 201 Å². The molecule has 2 atom stereocenters. The van der Waals surface area contributed by atoms with Gasteiger partial charge in [-0.1, -0.05) is 5.21 Å². The zero-order chi connectivity index (χ0) is 26.7. The van der Waals surface area contributed by atoms with E-state index in [9.17, 15) is 28.6 Å². The molecule has 0 aromatic carbocycles. The Morgan fingerprint density at radius 3 is 2.42 bits per heavy atom. The predicted octanol–water partition coefficient (Wildman–Crippen LogP) is -0.173. The van der Waals surface area contributed by atoms with E-state index in [2.05, 4.69) is 24.3 Å².